The molecule has 1 heterocycles. The lowest BCUT2D eigenvalue weighted by molar-refractivity contribution is -0.119. The van der Waals surface area contributed by atoms with Gasteiger partial charge in [-0.3, -0.25) is 4.79 Å². The molecule has 0 bridgehead atoms. The standard InChI is InChI=1S/C11H11BrClN5O/c12-9-3-8(1-2-10(9)13)18-6-7(16-17-18)5-15-11(19)4-14/h1-3,6H,4-5,14H2,(H,15,19). The maximum atomic E-state index is 11.0. The summed E-state index contributed by atoms with van der Waals surface area (Å²) in [6, 6.07) is 5.42. The van der Waals surface area contributed by atoms with E-state index in [4.69, 9.17) is 17.3 Å². The molecule has 3 N–H and O–H groups in total. The Morgan fingerprint density at radius 2 is 2.32 bits per heavy atom. The first kappa shape index (κ1) is 14.0. The SMILES string of the molecule is NCC(=O)NCc1cn(-c2ccc(Cl)c(Br)c2)nn1. The number of hydrogen-bond acceptors (Lipinski definition) is 4. The first-order valence-corrected chi connectivity index (χ1v) is 6.60. The fourth-order valence-electron chi connectivity index (χ4n) is 1.39. The molecular weight excluding hydrogens is 334 g/mol. The third-order valence-electron chi connectivity index (χ3n) is 2.36. The van der Waals surface area contributed by atoms with Crippen LogP contribution in [-0.4, -0.2) is 27.4 Å². The summed E-state index contributed by atoms with van der Waals surface area (Å²) in [5.74, 6) is -0.233. The average Bonchev–Trinajstić information content (AvgIpc) is 2.88. The van der Waals surface area contributed by atoms with Crippen LogP contribution in [0.5, 0.6) is 0 Å². The molecule has 8 heteroatoms. The van der Waals surface area contributed by atoms with Crippen LogP contribution >= 0.6 is 27.5 Å². The van der Waals surface area contributed by atoms with Crippen LogP contribution < -0.4 is 11.1 Å². The van der Waals surface area contributed by atoms with Crippen molar-refractivity contribution < 1.29 is 4.79 Å². The van der Waals surface area contributed by atoms with Gasteiger partial charge >= 0.3 is 0 Å². The first-order chi connectivity index (χ1) is 9.10. The zero-order valence-corrected chi connectivity index (χ0v) is 12.1. The van der Waals surface area contributed by atoms with Gasteiger partial charge in [0.05, 0.1) is 30.0 Å². The number of rotatable bonds is 4. The summed E-state index contributed by atoms with van der Waals surface area (Å²) in [5.41, 5.74) is 6.66. The van der Waals surface area contributed by atoms with Crippen LogP contribution in [0.1, 0.15) is 5.69 Å². The second-order valence-corrected chi connectivity index (χ2v) is 5.00. The van der Waals surface area contributed by atoms with Crippen LogP contribution in [0.3, 0.4) is 0 Å². The molecule has 0 aliphatic heterocycles. The molecule has 2 rings (SSSR count). The smallest absolute Gasteiger partial charge is 0.234 e. The predicted molar refractivity (Wildman–Crippen MR) is 75.0 cm³/mol. The molecule has 1 aromatic carbocycles. The van der Waals surface area contributed by atoms with Crippen LogP contribution in [-0.2, 0) is 11.3 Å². The molecule has 0 aliphatic rings. The van der Waals surface area contributed by atoms with Crippen LogP contribution in [0.4, 0.5) is 0 Å². The highest BCUT2D eigenvalue weighted by atomic mass is 79.9. The molecule has 0 aliphatic carbocycles. The summed E-state index contributed by atoms with van der Waals surface area (Å²) in [5, 5.41) is 11.2. The van der Waals surface area contributed by atoms with Gasteiger partial charge in [-0.2, -0.15) is 0 Å². The van der Waals surface area contributed by atoms with Gasteiger partial charge in [-0.1, -0.05) is 16.8 Å². The zero-order valence-electron chi connectivity index (χ0n) is 9.81. The Bertz CT molecular complexity index is 601. The van der Waals surface area contributed by atoms with Gasteiger partial charge in [0, 0.05) is 4.47 Å². The van der Waals surface area contributed by atoms with Crippen LogP contribution in [0.15, 0.2) is 28.9 Å². The van der Waals surface area contributed by atoms with Crippen molar-refractivity contribution in [2.24, 2.45) is 5.73 Å². The van der Waals surface area contributed by atoms with E-state index in [0.29, 0.717) is 17.3 Å². The summed E-state index contributed by atoms with van der Waals surface area (Å²) >= 11 is 9.27. The number of nitrogens with two attached hydrogens (primary N) is 1. The van der Waals surface area contributed by atoms with Crippen molar-refractivity contribution in [2.45, 2.75) is 6.54 Å². The first-order valence-electron chi connectivity index (χ1n) is 5.43. The largest absolute Gasteiger partial charge is 0.349 e. The minimum absolute atomic E-state index is 0.0434. The fourth-order valence-corrected chi connectivity index (χ4v) is 1.88. The van der Waals surface area contributed by atoms with Crippen molar-refractivity contribution in [2.75, 3.05) is 6.54 Å². The van der Waals surface area contributed by atoms with Gasteiger partial charge in [0.15, 0.2) is 0 Å². The molecule has 100 valence electrons. The molecule has 0 atom stereocenters. The van der Waals surface area contributed by atoms with Crippen molar-refractivity contribution in [3.63, 3.8) is 0 Å². The highest BCUT2D eigenvalue weighted by Crippen LogP contribution is 2.24. The molecule has 2 aromatic rings. The number of hydrogen-bond donors (Lipinski definition) is 2. The molecule has 0 saturated carbocycles. The van der Waals surface area contributed by atoms with Gasteiger partial charge in [-0.15, -0.1) is 5.10 Å². The average molecular weight is 345 g/mol. The fraction of sp³-hybridized carbons (Fsp3) is 0.182. The Kier molecular flexibility index (Phi) is 4.52. The molecule has 19 heavy (non-hydrogen) atoms. The third kappa shape index (κ3) is 3.52. The van der Waals surface area contributed by atoms with Gasteiger partial charge in [0.1, 0.15) is 5.69 Å². The molecule has 0 fully saturated rings. The Hall–Kier alpha value is -1.44. The number of nitrogens with zero attached hydrogens (tertiary/aromatic N) is 3. The zero-order chi connectivity index (χ0) is 13.8. The Morgan fingerprint density at radius 1 is 1.53 bits per heavy atom. The number of halogens is 2. The number of benzene rings is 1. The van der Waals surface area contributed by atoms with E-state index in [1.54, 1.807) is 16.9 Å². The summed E-state index contributed by atoms with van der Waals surface area (Å²) in [6.45, 7) is 0.253. The molecule has 0 radical (unpaired) electrons. The maximum absolute atomic E-state index is 11.0. The minimum Gasteiger partial charge on any atom is -0.349 e. The third-order valence-corrected chi connectivity index (χ3v) is 3.57. The predicted octanol–water partition coefficient (Wildman–Crippen LogP) is 1.26. The van der Waals surface area contributed by atoms with E-state index in [-0.39, 0.29) is 12.5 Å². The Morgan fingerprint density at radius 3 is 3.00 bits per heavy atom. The highest BCUT2D eigenvalue weighted by Gasteiger charge is 2.06. The topological polar surface area (TPSA) is 85.8 Å². The van der Waals surface area contributed by atoms with Gasteiger partial charge in [0.2, 0.25) is 5.91 Å². The van der Waals surface area contributed by atoms with Crippen LogP contribution in [0.2, 0.25) is 5.02 Å². The van der Waals surface area contributed by atoms with E-state index in [1.165, 1.54) is 0 Å². The highest BCUT2D eigenvalue weighted by molar-refractivity contribution is 9.10. The normalized spacial score (nSPS) is 10.5. The maximum Gasteiger partial charge on any atom is 0.234 e. The molecule has 0 saturated heterocycles. The van der Waals surface area contributed by atoms with E-state index in [2.05, 4.69) is 31.6 Å². The summed E-state index contributed by atoms with van der Waals surface area (Å²) < 4.78 is 2.38. The van der Waals surface area contributed by atoms with E-state index < -0.39 is 0 Å². The lowest BCUT2D eigenvalue weighted by Crippen LogP contribution is -2.29. The second kappa shape index (κ2) is 6.14. The van der Waals surface area contributed by atoms with E-state index in [1.807, 2.05) is 12.1 Å². The molecule has 0 spiro atoms. The van der Waals surface area contributed by atoms with Crippen molar-refractivity contribution in [1.82, 2.24) is 20.3 Å². The molecule has 1 amide bonds. The number of carbonyl (C=O) groups is 1. The van der Waals surface area contributed by atoms with E-state index in [9.17, 15) is 4.79 Å². The molecule has 6 nitrogen and oxygen atoms in total. The molecule has 0 unspecified atom stereocenters. The van der Waals surface area contributed by atoms with Gasteiger partial charge in [-0.25, -0.2) is 4.68 Å². The summed E-state index contributed by atoms with van der Waals surface area (Å²) in [4.78, 5) is 11.0. The van der Waals surface area contributed by atoms with Crippen molar-refractivity contribution >= 4 is 33.4 Å². The lowest BCUT2D eigenvalue weighted by Gasteiger charge is -2.02. The van der Waals surface area contributed by atoms with Crippen molar-refractivity contribution in [3.05, 3.63) is 39.6 Å². The lowest BCUT2D eigenvalue weighted by atomic mass is 10.3. The molecular formula is C11H11BrClN5O. The minimum atomic E-state index is -0.233. The second-order valence-electron chi connectivity index (χ2n) is 3.73. The van der Waals surface area contributed by atoms with E-state index >= 15 is 0 Å². The monoisotopic (exact) mass is 343 g/mol. The molecule has 1 aromatic heterocycles. The Balaban J connectivity index is 2.12. The van der Waals surface area contributed by atoms with Crippen molar-refractivity contribution in [1.29, 1.82) is 0 Å². The summed E-state index contributed by atoms with van der Waals surface area (Å²) in [7, 11) is 0. The number of amides is 1. The number of carbonyl (C=O) groups excluding carboxylic acids is 1. The van der Waals surface area contributed by atoms with Gasteiger partial charge < -0.3 is 11.1 Å². The van der Waals surface area contributed by atoms with Gasteiger partial charge in [0.25, 0.3) is 0 Å². The van der Waals surface area contributed by atoms with Crippen molar-refractivity contribution in [3.8, 4) is 5.69 Å². The number of aromatic nitrogens is 3. The van der Waals surface area contributed by atoms with Crippen LogP contribution in [0.25, 0.3) is 5.69 Å². The van der Waals surface area contributed by atoms with E-state index in [0.717, 1.165) is 10.2 Å². The quantitative estimate of drug-likeness (QED) is 0.874. The summed E-state index contributed by atoms with van der Waals surface area (Å²) in [6.07, 6.45) is 1.73. The van der Waals surface area contributed by atoms with Gasteiger partial charge in [-0.05, 0) is 34.1 Å². The number of nitrogens with one attached hydrogen (secondary N) is 1. The Labute approximate surface area is 123 Å². The van der Waals surface area contributed by atoms with Crippen LogP contribution in [0, 0.1) is 0 Å².